The predicted octanol–water partition coefficient (Wildman–Crippen LogP) is 4.11. The molecule has 1 saturated carbocycles. The van der Waals surface area contributed by atoms with Crippen molar-refractivity contribution in [2.24, 2.45) is 5.92 Å². The summed E-state index contributed by atoms with van der Waals surface area (Å²) in [5, 5.41) is 0. The molecule has 1 aliphatic rings. The summed E-state index contributed by atoms with van der Waals surface area (Å²) >= 11 is 0. The van der Waals surface area contributed by atoms with Crippen LogP contribution in [0.4, 0.5) is 0 Å². The van der Waals surface area contributed by atoms with Gasteiger partial charge in [-0.3, -0.25) is 0 Å². The Labute approximate surface area is 94.2 Å². The summed E-state index contributed by atoms with van der Waals surface area (Å²) in [6.07, 6.45) is 12.1. The Morgan fingerprint density at radius 1 is 1.40 bits per heavy atom. The van der Waals surface area contributed by atoms with Gasteiger partial charge in [-0.15, -0.1) is 6.58 Å². The lowest BCUT2D eigenvalue weighted by Gasteiger charge is -2.02. The van der Waals surface area contributed by atoms with E-state index in [-0.39, 0.29) is 0 Å². The van der Waals surface area contributed by atoms with Gasteiger partial charge in [-0.05, 0) is 51.4 Å². The van der Waals surface area contributed by atoms with Gasteiger partial charge in [0, 0.05) is 6.61 Å². The third kappa shape index (κ3) is 7.38. The molecule has 0 radical (unpaired) electrons. The minimum absolute atomic E-state index is 0.691. The van der Waals surface area contributed by atoms with Crippen molar-refractivity contribution >= 4 is 0 Å². The standard InChI is InChI=1S/C14H24O/c1-3-11-15-12-5-4-6-13(2)7-8-14-9-10-14/h3,7,14H,1,4-6,8-12H2,2H3. The number of hydrogen-bond donors (Lipinski definition) is 0. The fourth-order valence-electron chi connectivity index (χ4n) is 1.60. The van der Waals surface area contributed by atoms with Crippen LogP contribution in [0, 0.1) is 5.92 Å². The molecule has 86 valence electrons. The van der Waals surface area contributed by atoms with E-state index in [0.29, 0.717) is 6.61 Å². The first kappa shape index (κ1) is 12.5. The van der Waals surface area contributed by atoms with E-state index in [1.54, 1.807) is 11.6 Å². The minimum Gasteiger partial charge on any atom is -0.377 e. The topological polar surface area (TPSA) is 9.23 Å². The molecule has 0 amide bonds. The van der Waals surface area contributed by atoms with Crippen LogP contribution >= 0.6 is 0 Å². The molecule has 0 atom stereocenters. The van der Waals surface area contributed by atoms with Crippen molar-refractivity contribution in [1.82, 2.24) is 0 Å². The van der Waals surface area contributed by atoms with Crippen LogP contribution in [-0.2, 0) is 4.74 Å². The zero-order valence-corrected chi connectivity index (χ0v) is 10.0. The average molecular weight is 208 g/mol. The normalized spacial score (nSPS) is 16.7. The first-order valence-electron chi connectivity index (χ1n) is 6.17. The Morgan fingerprint density at radius 2 is 2.20 bits per heavy atom. The number of hydrogen-bond acceptors (Lipinski definition) is 1. The Bertz CT molecular complexity index is 201. The van der Waals surface area contributed by atoms with Crippen molar-refractivity contribution in [3.63, 3.8) is 0 Å². The van der Waals surface area contributed by atoms with Crippen molar-refractivity contribution in [2.75, 3.05) is 13.2 Å². The summed E-state index contributed by atoms with van der Waals surface area (Å²) in [4.78, 5) is 0. The highest BCUT2D eigenvalue weighted by Gasteiger charge is 2.19. The van der Waals surface area contributed by atoms with Gasteiger partial charge in [-0.25, -0.2) is 0 Å². The lowest BCUT2D eigenvalue weighted by Crippen LogP contribution is -1.94. The second-order valence-electron chi connectivity index (χ2n) is 4.55. The number of unbranched alkanes of at least 4 members (excludes halogenated alkanes) is 1. The second-order valence-corrected chi connectivity index (χ2v) is 4.55. The van der Waals surface area contributed by atoms with Crippen LogP contribution in [0.5, 0.6) is 0 Å². The van der Waals surface area contributed by atoms with Crippen molar-refractivity contribution in [1.29, 1.82) is 0 Å². The predicted molar refractivity (Wildman–Crippen MR) is 66.0 cm³/mol. The van der Waals surface area contributed by atoms with E-state index in [4.69, 9.17) is 4.74 Å². The average Bonchev–Trinajstić information content (AvgIpc) is 3.04. The molecule has 1 rings (SSSR count). The molecule has 1 fully saturated rings. The van der Waals surface area contributed by atoms with Gasteiger partial charge in [0.25, 0.3) is 0 Å². The summed E-state index contributed by atoms with van der Waals surface area (Å²) in [7, 11) is 0. The first-order chi connectivity index (χ1) is 7.33. The second kappa shape index (κ2) is 7.70. The van der Waals surface area contributed by atoms with Gasteiger partial charge in [0.2, 0.25) is 0 Å². The molecule has 0 aliphatic heterocycles. The highest BCUT2D eigenvalue weighted by Crippen LogP contribution is 2.33. The van der Waals surface area contributed by atoms with E-state index in [2.05, 4.69) is 19.6 Å². The molecule has 0 saturated heterocycles. The fourth-order valence-corrected chi connectivity index (χ4v) is 1.60. The maximum Gasteiger partial charge on any atom is 0.0644 e. The Hall–Kier alpha value is -0.560. The molecule has 15 heavy (non-hydrogen) atoms. The van der Waals surface area contributed by atoms with Gasteiger partial charge in [-0.2, -0.15) is 0 Å². The Balaban J connectivity index is 1.88. The summed E-state index contributed by atoms with van der Waals surface area (Å²) in [6.45, 7) is 7.44. The summed E-state index contributed by atoms with van der Waals surface area (Å²) in [6, 6.07) is 0. The van der Waals surface area contributed by atoms with Crippen LogP contribution in [0.2, 0.25) is 0 Å². The van der Waals surface area contributed by atoms with E-state index in [1.807, 2.05) is 0 Å². The molecule has 0 heterocycles. The van der Waals surface area contributed by atoms with E-state index in [1.165, 1.54) is 38.5 Å². The molecule has 0 aromatic rings. The Morgan fingerprint density at radius 3 is 2.87 bits per heavy atom. The molecule has 0 spiro atoms. The summed E-state index contributed by atoms with van der Waals surface area (Å²) < 4.78 is 5.34. The fraction of sp³-hybridized carbons (Fsp3) is 0.714. The molecule has 0 unspecified atom stereocenters. The molecule has 1 heteroatoms. The minimum atomic E-state index is 0.691. The maximum atomic E-state index is 5.34. The number of ether oxygens (including phenoxy) is 1. The molecular weight excluding hydrogens is 184 g/mol. The lowest BCUT2D eigenvalue weighted by molar-refractivity contribution is 0.158. The van der Waals surface area contributed by atoms with E-state index in [0.717, 1.165) is 12.5 Å². The Kier molecular flexibility index (Phi) is 6.42. The van der Waals surface area contributed by atoms with Crippen molar-refractivity contribution in [2.45, 2.75) is 45.4 Å². The van der Waals surface area contributed by atoms with Gasteiger partial charge in [0.1, 0.15) is 0 Å². The van der Waals surface area contributed by atoms with E-state index >= 15 is 0 Å². The smallest absolute Gasteiger partial charge is 0.0644 e. The SMILES string of the molecule is C=CCOCCCCC(C)=CCC1CC1. The third-order valence-electron chi connectivity index (χ3n) is 2.84. The van der Waals surface area contributed by atoms with Gasteiger partial charge >= 0.3 is 0 Å². The highest BCUT2D eigenvalue weighted by atomic mass is 16.5. The maximum absolute atomic E-state index is 5.34. The molecule has 0 aromatic carbocycles. The van der Waals surface area contributed by atoms with E-state index in [9.17, 15) is 0 Å². The van der Waals surface area contributed by atoms with Crippen LogP contribution in [0.3, 0.4) is 0 Å². The molecular formula is C14H24O. The summed E-state index contributed by atoms with van der Waals surface area (Å²) in [5.74, 6) is 1.02. The molecule has 1 nitrogen and oxygen atoms in total. The quantitative estimate of drug-likeness (QED) is 0.409. The van der Waals surface area contributed by atoms with Crippen molar-refractivity contribution < 1.29 is 4.74 Å². The van der Waals surface area contributed by atoms with Crippen LogP contribution in [0.1, 0.15) is 45.4 Å². The molecule has 0 bridgehead atoms. The van der Waals surface area contributed by atoms with E-state index < -0.39 is 0 Å². The van der Waals surface area contributed by atoms with Crippen LogP contribution in [-0.4, -0.2) is 13.2 Å². The lowest BCUT2D eigenvalue weighted by atomic mass is 10.1. The van der Waals surface area contributed by atoms with Gasteiger partial charge in [0.15, 0.2) is 0 Å². The van der Waals surface area contributed by atoms with Gasteiger partial charge < -0.3 is 4.74 Å². The summed E-state index contributed by atoms with van der Waals surface area (Å²) in [5.41, 5.74) is 1.56. The monoisotopic (exact) mass is 208 g/mol. The van der Waals surface area contributed by atoms with Crippen LogP contribution < -0.4 is 0 Å². The molecule has 1 aliphatic carbocycles. The largest absolute Gasteiger partial charge is 0.377 e. The van der Waals surface area contributed by atoms with Crippen LogP contribution in [0.15, 0.2) is 24.3 Å². The molecule has 0 aromatic heterocycles. The van der Waals surface area contributed by atoms with Gasteiger partial charge in [0.05, 0.1) is 6.61 Å². The highest BCUT2D eigenvalue weighted by molar-refractivity contribution is 5.00. The van der Waals surface area contributed by atoms with Crippen molar-refractivity contribution in [3.05, 3.63) is 24.3 Å². The zero-order valence-electron chi connectivity index (χ0n) is 10.0. The first-order valence-corrected chi connectivity index (χ1v) is 6.17. The third-order valence-corrected chi connectivity index (χ3v) is 2.84. The zero-order chi connectivity index (χ0) is 10.9. The van der Waals surface area contributed by atoms with Crippen LogP contribution in [0.25, 0.3) is 0 Å². The molecule has 0 N–H and O–H groups in total. The number of allylic oxidation sites excluding steroid dienone is 2. The van der Waals surface area contributed by atoms with Gasteiger partial charge in [-0.1, -0.05) is 17.7 Å². The van der Waals surface area contributed by atoms with Crippen molar-refractivity contribution in [3.8, 4) is 0 Å². The number of rotatable bonds is 9.